The predicted octanol–water partition coefficient (Wildman–Crippen LogP) is 7.71. The molecule has 1 atom stereocenters. The minimum atomic E-state index is -4.66. The normalized spacial score (nSPS) is 16.3. The number of rotatable bonds is 14. The molecule has 0 rings (SSSR count). The van der Waals surface area contributed by atoms with E-state index in [4.69, 9.17) is 0 Å². The van der Waals surface area contributed by atoms with Gasteiger partial charge in [-0.1, -0.05) is 46.6 Å². The van der Waals surface area contributed by atoms with Crippen molar-refractivity contribution in [2.45, 2.75) is 98.3 Å². The van der Waals surface area contributed by atoms with Gasteiger partial charge in [-0.05, 0) is 93.4 Å². The molecule has 0 aliphatic rings. The monoisotopic (exact) mass is 474 g/mol. The minimum Gasteiger partial charge on any atom is -0.343 e. The molecule has 31 heavy (non-hydrogen) atoms. The van der Waals surface area contributed by atoms with E-state index in [9.17, 15) is 23.8 Å². The summed E-state index contributed by atoms with van der Waals surface area (Å²) >= 11 is 0. The topological polar surface area (TPSA) is 94.8 Å². The Morgan fingerprint density at radius 1 is 0.677 bits per heavy atom. The van der Waals surface area contributed by atoms with E-state index in [1.54, 1.807) is 0 Å². The highest BCUT2D eigenvalue weighted by Crippen LogP contribution is 2.70. The molecular weight excluding hydrogens is 430 g/mol. The highest BCUT2D eigenvalue weighted by molar-refractivity contribution is 7.75. The second-order valence-corrected chi connectivity index (χ2v) is 14.8. The van der Waals surface area contributed by atoms with Gasteiger partial charge in [0.05, 0.1) is 0 Å². The smallest absolute Gasteiger partial charge is 0.340 e. The summed E-state index contributed by atoms with van der Waals surface area (Å²) in [5.41, 5.74) is 5.29. The molecule has 0 saturated carbocycles. The van der Waals surface area contributed by atoms with Gasteiger partial charge in [0.15, 0.2) is 0 Å². The second kappa shape index (κ2) is 13.8. The Morgan fingerprint density at radius 3 is 1.39 bits per heavy atom. The lowest BCUT2D eigenvalue weighted by atomic mass is 10.0. The van der Waals surface area contributed by atoms with E-state index < -0.39 is 19.9 Å². The van der Waals surface area contributed by atoms with Crippen LogP contribution in [0.15, 0.2) is 46.6 Å². The van der Waals surface area contributed by atoms with Crippen molar-refractivity contribution in [2.24, 2.45) is 0 Å². The fourth-order valence-electron chi connectivity index (χ4n) is 2.95. The predicted molar refractivity (Wildman–Crippen MR) is 134 cm³/mol. The summed E-state index contributed by atoms with van der Waals surface area (Å²) in [4.78, 5) is 27.0. The summed E-state index contributed by atoms with van der Waals surface area (Å²) in [6.07, 6.45) is 15.1. The van der Waals surface area contributed by atoms with E-state index in [0.29, 0.717) is 6.42 Å². The molecule has 180 valence electrons. The van der Waals surface area contributed by atoms with Gasteiger partial charge < -0.3 is 14.7 Å². The average molecular weight is 475 g/mol. The van der Waals surface area contributed by atoms with Crippen molar-refractivity contribution in [3.63, 3.8) is 0 Å². The molecule has 0 aromatic heterocycles. The fraction of sp³-hybridized carbons (Fsp3) is 0.667. The summed E-state index contributed by atoms with van der Waals surface area (Å²) in [7, 11) is -8.63. The second-order valence-electron chi connectivity index (χ2n) is 9.30. The molecule has 0 saturated heterocycles. The van der Waals surface area contributed by atoms with Gasteiger partial charge >= 0.3 is 7.60 Å². The molecule has 5 nitrogen and oxygen atoms in total. The van der Waals surface area contributed by atoms with Crippen LogP contribution in [0.1, 0.15) is 93.4 Å². The Balaban J connectivity index is 4.42. The fourth-order valence-corrected chi connectivity index (χ4v) is 5.90. The molecule has 0 heterocycles. The molecular formula is C24H44O5P2. The molecule has 0 radical (unpaired) electrons. The minimum absolute atomic E-state index is 0.128. The molecule has 0 aromatic rings. The van der Waals surface area contributed by atoms with Gasteiger partial charge in [-0.15, -0.1) is 0 Å². The summed E-state index contributed by atoms with van der Waals surface area (Å²) in [6, 6.07) is 0. The molecule has 0 bridgehead atoms. The van der Waals surface area contributed by atoms with Gasteiger partial charge in [-0.25, -0.2) is 0 Å². The molecule has 1 unspecified atom stereocenters. The molecule has 0 fully saturated rings. The third-order valence-corrected chi connectivity index (χ3v) is 11.4. The highest BCUT2D eigenvalue weighted by atomic mass is 31.2. The van der Waals surface area contributed by atoms with Gasteiger partial charge in [0, 0.05) is 6.16 Å². The summed E-state index contributed by atoms with van der Waals surface area (Å²) in [5.74, 6) is 0. The molecule has 0 amide bonds. The number of hydrogen-bond donors (Lipinski definition) is 3. The van der Waals surface area contributed by atoms with Crippen LogP contribution in [0.25, 0.3) is 0 Å². The highest BCUT2D eigenvalue weighted by Gasteiger charge is 2.51. The average Bonchev–Trinajstić information content (AvgIpc) is 2.60. The van der Waals surface area contributed by atoms with Crippen LogP contribution in [0, 0.1) is 0 Å². The molecule has 0 spiro atoms. The van der Waals surface area contributed by atoms with Crippen molar-refractivity contribution >= 4 is 15.0 Å². The SMILES string of the molecule is CC(C)=CCC/C(C)=C/CC/C(C)=C/CC/C(C)=C/CCP(=O)(O)C(C)(C)P(=O)(O)O. The van der Waals surface area contributed by atoms with Gasteiger partial charge in [0.25, 0.3) is 0 Å². The molecule has 0 aromatic carbocycles. The Hall–Kier alpha value is -0.700. The van der Waals surface area contributed by atoms with Crippen LogP contribution < -0.4 is 0 Å². The lowest BCUT2D eigenvalue weighted by Gasteiger charge is -2.30. The van der Waals surface area contributed by atoms with Crippen molar-refractivity contribution in [1.82, 2.24) is 0 Å². The third kappa shape index (κ3) is 12.2. The van der Waals surface area contributed by atoms with Crippen LogP contribution in [0.5, 0.6) is 0 Å². The molecule has 7 heteroatoms. The zero-order valence-electron chi connectivity index (χ0n) is 20.5. The van der Waals surface area contributed by atoms with Gasteiger partial charge in [0.1, 0.15) is 4.90 Å². The summed E-state index contributed by atoms with van der Waals surface area (Å²) in [5, 5.41) is 0. The van der Waals surface area contributed by atoms with Gasteiger partial charge in [-0.3, -0.25) is 9.13 Å². The first-order chi connectivity index (χ1) is 14.1. The van der Waals surface area contributed by atoms with Crippen LogP contribution >= 0.6 is 15.0 Å². The Bertz CT molecular complexity index is 778. The maximum atomic E-state index is 12.4. The first kappa shape index (κ1) is 30.3. The van der Waals surface area contributed by atoms with Gasteiger partial charge in [-0.2, -0.15) is 0 Å². The molecule has 0 aliphatic heterocycles. The zero-order valence-corrected chi connectivity index (χ0v) is 22.3. The van der Waals surface area contributed by atoms with E-state index >= 15 is 0 Å². The lowest BCUT2D eigenvalue weighted by molar-refractivity contribution is 0.347. The zero-order chi connectivity index (χ0) is 24.3. The van der Waals surface area contributed by atoms with E-state index in [0.717, 1.165) is 44.1 Å². The van der Waals surface area contributed by atoms with Crippen LogP contribution in [-0.2, 0) is 9.13 Å². The Morgan fingerprint density at radius 2 is 1.03 bits per heavy atom. The van der Waals surface area contributed by atoms with Crippen LogP contribution in [0.2, 0.25) is 0 Å². The molecule has 0 aliphatic carbocycles. The molecule has 3 N–H and O–H groups in total. The van der Waals surface area contributed by atoms with E-state index in [1.165, 1.54) is 30.6 Å². The van der Waals surface area contributed by atoms with Crippen molar-refractivity contribution in [3.05, 3.63) is 46.6 Å². The maximum Gasteiger partial charge on any atom is 0.340 e. The summed E-state index contributed by atoms with van der Waals surface area (Å²) < 4.78 is 23.9. The maximum absolute atomic E-state index is 12.4. The van der Waals surface area contributed by atoms with Crippen LogP contribution in [0.4, 0.5) is 0 Å². The first-order valence-electron chi connectivity index (χ1n) is 11.1. The quantitative estimate of drug-likeness (QED) is 0.177. The lowest BCUT2D eigenvalue weighted by Crippen LogP contribution is -2.21. The van der Waals surface area contributed by atoms with E-state index in [-0.39, 0.29) is 6.16 Å². The number of allylic oxidation sites excluding steroid dienone is 8. The van der Waals surface area contributed by atoms with Crippen molar-refractivity contribution in [3.8, 4) is 0 Å². The van der Waals surface area contributed by atoms with E-state index in [2.05, 4.69) is 45.9 Å². The van der Waals surface area contributed by atoms with Crippen molar-refractivity contribution < 1.29 is 23.8 Å². The summed E-state index contributed by atoms with van der Waals surface area (Å²) in [6.45, 7) is 12.9. The van der Waals surface area contributed by atoms with Crippen LogP contribution in [0.3, 0.4) is 0 Å². The van der Waals surface area contributed by atoms with Crippen LogP contribution in [-0.4, -0.2) is 25.7 Å². The van der Waals surface area contributed by atoms with Gasteiger partial charge in [0.2, 0.25) is 7.37 Å². The Labute approximate surface area is 190 Å². The van der Waals surface area contributed by atoms with Crippen molar-refractivity contribution in [2.75, 3.05) is 6.16 Å². The van der Waals surface area contributed by atoms with Crippen molar-refractivity contribution in [1.29, 1.82) is 0 Å². The third-order valence-electron chi connectivity index (χ3n) is 5.65. The number of hydrogen-bond acceptors (Lipinski definition) is 2. The standard InChI is InChI=1S/C24H44O5P2/c1-20(2)12-8-13-21(3)14-9-15-22(4)16-10-17-23(5)18-11-19-30(25,26)24(6,7)31(27,28)29/h12,14,16,18H,8-11,13,15,17,19H2,1-7H3,(H,25,26)(H2,27,28,29)/b21-14+,22-16+,23-18+. The largest absolute Gasteiger partial charge is 0.343 e. The first-order valence-corrected chi connectivity index (χ1v) is 14.5. The Kier molecular flexibility index (Phi) is 13.4. The van der Waals surface area contributed by atoms with E-state index in [1.807, 2.05) is 13.0 Å².